The minimum absolute atomic E-state index is 0.0230. The van der Waals surface area contributed by atoms with Crippen molar-refractivity contribution in [2.45, 2.75) is 33.2 Å². The Morgan fingerprint density at radius 3 is 2.60 bits per heavy atom. The van der Waals surface area contributed by atoms with E-state index in [9.17, 15) is 4.79 Å². The molecule has 2 aromatic rings. The Morgan fingerprint density at radius 2 is 2.00 bits per heavy atom. The Morgan fingerprint density at radius 1 is 1.30 bits per heavy atom. The summed E-state index contributed by atoms with van der Waals surface area (Å²) < 4.78 is 0. The number of nitrogens with one attached hydrogen (secondary N) is 2. The number of hydrogen-bond acceptors (Lipinski definition) is 4. The van der Waals surface area contributed by atoms with Crippen LogP contribution in [0.25, 0.3) is 11.3 Å². The number of nitrogens with zero attached hydrogens (tertiary/aromatic N) is 1. The van der Waals surface area contributed by atoms with E-state index in [4.69, 9.17) is 0 Å². The lowest BCUT2D eigenvalue weighted by molar-refractivity contribution is -0.115. The summed E-state index contributed by atoms with van der Waals surface area (Å²) in [5, 5.41) is 9.08. The van der Waals surface area contributed by atoms with Gasteiger partial charge in [-0.05, 0) is 26.0 Å². The molecule has 4 nitrogen and oxygen atoms in total. The summed E-state index contributed by atoms with van der Waals surface area (Å²) in [6.45, 7) is 6.01. The van der Waals surface area contributed by atoms with Crippen LogP contribution in [-0.2, 0) is 4.79 Å². The van der Waals surface area contributed by atoms with Crippen LogP contribution in [0.2, 0.25) is 0 Å². The van der Waals surface area contributed by atoms with Crippen molar-refractivity contribution in [1.29, 1.82) is 0 Å². The second-order valence-electron chi connectivity index (χ2n) is 4.82. The minimum atomic E-state index is 0.0230. The van der Waals surface area contributed by atoms with Gasteiger partial charge < -0.3 is 10.6 Å². The second kappa shape index (κ2) is 6.52. The topological polar surface area (TPSA) is 54.0 Å². The SMILES string of the molecule is CCC(=O)Nc1ccc(-c2csc(NC(C)C)n2)cc1. The van der Waals surface area contributed by atoms with Crippen molar-refractivity contribution in [1.82, 2.24) is 4.98 Å². The predicted octanol–water partition coefficient (Wildman–Crippen LogP) is 3.98. The molecule has 5 heteroatoms. The van der Waals surface area contributed by atoms with Crippen molar-refractivity contribution >= 4 is 28.1 Å². The van der Waals surface area contributed by atoms with Crippen LogP contribution in [-0.4, -0.2) is 16.9 Å². The van der Waals surface area contributed by atoms with E-state index in [1.54, 1.807) is 11.3 Å². The first-order valence-electron chi connectivity index (χ1n) is 6.71. The van der Waals surface area contributed by atoms with Crippen molar-refractivity contribution in [3.8, 4) is 11.3 Å². The fourth-order valence-electron chi connectivity index (χ4n) is 1.69. The van der Waals surface area contributed by atoms with Gasteiger partial charge in [0, 0.05) is 29.1 Å². The van der Waals surface area contributed by atoms with Gasteiger partial charge in [-0.15, -0.1) is 11.3 Å². The van der Waals surface area contributed by atoms with Gasteiger partial charge in [-0.3, -0.25) is 4.79 Å². The molecule has 0 saturated carbocycles. The molecule has 2 N–H and O–H groups in total. The smallest absolute Gasteiger partial charge is 0.224 e. The van der Waals surface area contributed by atoms with E-state index in [1.807, 2.05) is 36.6 Å². The molecular formula is C15H19N3OS. The molecule has 20 heavy (non-hydrogen) atoms. The Kier molecular flexibility index (Phi) is 4.74. The van der Waals surface area contributed by atoms with Gasteiger partial charge in [0.2, 0.25) is 5.91 Å². The van der Waals surface area contributed by atoms with Crippen LogP contribution in [0.5, 0.6) is 0 Å². The Balaban J connectivity index is 2.09. The normalized spacial score (nSPS) is 10.6. The summed E-state index contributed by atoms with van der Waals surface area (Å²) in [4.78, 5) is 15.9. The maximum absolute atomic E-state index is 11.3. The highest BCUT2D eigenvalue weighted by Crippen LogP contribution is 2.26. The lowest BCUT2D eigenvalue weighted by atomic mass is 10.1. The van der Waals surface area contributed by atoms with E-state index in [2.05, 4.69) is 29.5 Å². The average Bonchev–Trinajstić information content (AvgIpc) is 2.87. The average molecular weight is 289 g/mol. The second-order valence-corrected chi connectivity index (χ2v) is 5.67. The van der Waals surface area contributed by atoms with Gasteiger partial charge in [0.1, 0.15) is 0 Å². The van der Waals surface area contributed by atoms with Crippen LogP contribution in [0, 0.1) is 0 Å². The number of benzene rings is 1. The summed E-state index contributed by atoms with van der Waals surface area (Å²) in [5.74, 6) is 0.0230. The van der Waals surface area contributed by atoms with Gasteiger partial charge in [-0.2, -0.15) is 0 Å². The summed E-state index contributed by atoms with van der Waals surface area (Å²) in [6, 6.07) is 8.12. The molecule has 0 atom stereocenters. The molecule has 0 fully saturated rings. The fourth-order valence-corrected chi connectivity index (χ4v) is 2.56. The molecule has 0 radical (unpaired) electrons. The zero-order valence-electron chi connectivity index (χ0n) is 11.9. The molecule has 0 aliphatic rings. The highest BCUT2D eigenvalue weighted by atomic mass is 32.1. The summed E-state index contributed by atoms with van der Waals surface area (Å²) in [7, 11) is 0. The molecular weight excluding hydrogens is 270 g/mol. The lowest BCUT2D eigenvalue weighted by Gasteiger charge is -2.05. The van der Waals surface area contributed by atoms with Crippen molar-refractivity contribution in [2.24, 2.45) is 0 Å². The first kappa shape index (κ1) is 14.5. The number of rotatable bonds is 5. The minimum Gasteiger partial charge on any atom is -0.359 e. The van der Waals surface area contributed by atoms with Crippen LogP contribution >= 0.6 is 11.3 Å². The Labute approximate surface area is 123 Å². The lowest BCUT2D eigenvalue weighted by Crippen LogP contribution is -2.09. The van der Waals surface area contributed by atoms with Gasteiger partial charge in [-0.1, -0.05) is 19.1 Å². The van der Waals surface area contributed by atoms with E-state index in [1.165, 1.54) is 0 Å². The number of carbonyl (C=O) groups is 1. The van der Waals surface area contributed by atoms with Gasteiger partial charge in [-0.25, -0.2) is 4.98 Å². The largest absolute Gasteiger partial charge is 0.359 e. The van der Waals surface area contributed by atoms with Gasteiger partial charge in [0.25, 0.3) is 0 Å². The zero-order chi connectivity index (χ0) is 14.5. The summed E-state index contributed by atoms with van der Waals surface area (Å²) >= 11 is 1.60. The quantitative estimate of drug-likeness (QED) is 0.875. The van der Waals surface area contributed by atoms with Crippen molar-refractivity contribution < 1.29 is 4.79 Å². The van der Waals surface area contributed by atoms with Gasteiger partial charge >= 0.3 is 0 Å². The standard InChI is InChI=1S/C15H19N3OS/c1-4-14(19)17-12-7-5-11(6-8-12)13-9-20-15(18-13)16-10(2)3/h5-10H,4H2,1-3H3,(H,16,18)(H,17,19). The highest BCUT2D eigenvalue weighted by Gasteiger charge is 2.06. The molecule has 0 unspecified atom stereocenters. The molecule has 0 spiro atoms. The van der Waals surface area contributed by atoms with E-state index in [-0.39, 0.29) is 5.91 Å². The zero-order valence-corrected chi connectivity index (χ0v) is 12.8. The van der Waals surface area contributed by atoms with E-state index < -0.39 is 0 Å². The van der Waals surface area contributed by atoms with Crippen LogP contribution < -0.4 is 10.6 Å². The number of carbonyl (C=O) groups excluding carboxylic acids is 1. The van der Waals surface area contributed by atoms with Crippen molar-refractivity contribution in [3.05, 3.63) is 29.6 Å². The van der Waals surface area contributed by atoms with E-state index >= 15 is 0 Å². The first-order chi connectivity index (χ1) is 9.58. The summed E-state index contributed by atoms with van der Waals surface area (Å²) in [5.41, 5.74) is 2.82. The Bertz CT molecular complexity index is 575. The summed E-state index contributed by atoms with van der Waals surface area (Å²) in [6.07, 6.45) is 0.484. The molecule has 106 valence electrons. The third kappa shape index (κ3) is 3.81. The predicted molar refractivity (Wildman–Crippen MR) is 85.2 cm³/mol. The van der Waals surface area contributed by atoms with Crippen LogP contribution in [0.15, 0.2) is 29.6 Å². The third-order valence-electron chi connectivity index (χ3n) is 2.70. The van der Waals surface area contributed by atoms with Crippen LogP contribution in [0.1, 0.15) is 27.2 Å². The number of hydrogen-bond donors (Lipinski definition) is 2. The number of aromatic nitrogens is 1. The molecule has 0 bridgehead atoms. The van der Waals surface area contributed by atoms with Gasteiger partial charge in [0.15, 0.2) is 5.13 Å². The molecule has 0 aliphatic carbocycles. The number of thiazole rings is 1. The molecule has 0 aliphatic heterocycles. The maximum Gasteiger partial charge on any atom is 0.224 e. The monoisotopic (exact) mass is 289 g/mol. The van der Waals surface area contributed by atoms with Crippen molar-refractivity contribution in [2.75, 3.05) is 10.6 Å². The molecule has 1 aromatic heterocycles. The molecule has 2 rings (SSSR count). The molecule has 1 amide bonds. The molecule has 1 heterocycles. The van der Waals surface area contributed by atoms with Gasteiger partial charge in [0.05, 0.1) is 5.69 Å². The maximum atomic E-state index is 11.3. The van der Waals surface area contributed by atoms with Crippen LogP contribution in [0.4, 0.5) is 10.8 Å². The van der Waals surface area contributed by atoms with Crippen LogP contribution in [0.3, 0.4) is 0 Å². The molecule has 1 aromatic carbocycles. The van der Waals surface area contributed by atoms with E-state index in [0.717, 1.165) is 22.1 Å². The molecule has 0 saturated heterocycles. The number of anilines is 2. The Hall–Kier alpha value is -1.88. The fraction of sp³-hybridized carbons (Fsp3) is 0.333. The third-order valence-corrected chi connectivity index (χ3v) is 3.48. The van der Waals surface area contributed by atoms with E-state index in [0.29, 0.717) is 12.5 Å². The van der Waals surface area contributed by atoms with Crippen molar-refractivity contribution in [3.63, 3.8) is 0 Å². The first-order valence-corrected chi connectivity index (χ1v) is 7.58. The highest BCUT2D eigenvalue weighted by molar-refractivity contribution is 7.14. The number of amides is 1.